The number of hydrogen-bond donors (Lipinski definition) is 0. The van der Waals surface area contributed by atoms with Crippen LogP contribution in [0.25, 0.3) is 0 Å². The quantitative estimate of drug-likeness (QED) is 0.372. The van der Waals surface area contributed by atoms with Crippen molar-refractivity contribution in [1.29, 1.82) is 0 Å². The molecule has 0 aromatic rings. The number of hydrogen-bond acceptors (Lipinski definition) is 0. The normalized spacial score (nSPS) is 24.6. The number of rotatable bonds is 6. The molecule has 1 heteroatoms. The summed E-state index contributed by atoms with van der Waals surface area (Å²) in [6.45, 7) is 14.6. The van der Waals surface area contributed by atoms with Gasteiger partial charge in [0.2, 0.25) is 0 Å². The van der Waals surface area contributed by atoms with Crippen molar-refractivity contribution in [3.63, 3.8) is 0 Å². The zero-order valence-corrected chi connectivity index (χ0v) is 18.8. The van der Waals surface area contributed by atoms with Gasteiger partial charge in [-0.15, -0.1) is 0 Å². The standard InChI is InChI=1S/3C8H11.Gd/c3*1-7(2)8-5-3-4-6-8;/h3*3-7H,1-2H3;. The summed E-state index contributed by atoms with van der Waals surface area (Å²) in [5, 5.41) is 0. The van der Waals surface area contributed by atoms with E-state index >= 15 is 0 Å². The molecule has 0 aromatic carbocycles. The van der Waals surface area contributed by atoms with Gasteiger partial charge in [0.05, 0.1) is 0 Å². The molecule has 0 saturated heterocycles. The van der Waals surface area contributed by atoms with Crippen LogP contribution in [-0.2, 0) is 0 Å². The van der Waals surface area contributed by atoms with Crippen LogP contribution in [-0.4, -0.2) is 0 Å². The molecular weight excluding hydrogens is 446 g/mol. The molecule has 3 rings (SSSR count). The van der Waals surface area contributed by atoms with Crippen LogP contribution in [0.4, 0.5) is 0 Å². The second-order valence-electron chi connectivity index (χ2n) is 8.30. The molecule has 0 N–H and O–H groups in total. The minimum atomic E-state index is -2.01. The third kappa shape index (κ3) is 2.86. The van der Waals surface area contributed by atoms with Crippen molar-refractivity contribution in [2.45, 2.75) is 45.1 Å². The van der Waals surface area contributed by atoms with E-state index in [-0.39, 0.29) is 3.58 Å². The minimum absolute atomic E-state index is 0.238. The van der Waals surface area contributed by atoms with Gasteiger partial charge in [-0.25, -0.2) is 0 Å². The Morgan fingerprint density at radius 3 is 0.800 bits per heavy atom. The molecule has 0 radical (unpaired) electrons. The van der Waals surface area contributed by atoms with Gasteiger partial charge in [0, 0.05) is 0 Å². The molecule has 0 amide bonds. The van der Waals surface area contributed by atoms with Crippen LogP contribution in [0.5, 0.6) is 0 Å². The molecule has 0 atom stereocenters. The predicted octanol–water partition coefficient (Wildman–Crippen LogP) is 7.43. The fraction of sp³-hybridized carbons (Fsp3) is 0.500. The van der Waals surface area contributed by atoms with Gasteiger partial charge in [0.25, 0.3) is 0 Å². The summed E-state index contributed by atoms with van der Waals surface area (Å²) >= 11 is -2.01. The molecule has 0 aromatic heterocycles. The van der Waals surface area contributed by atoms with Gasteiger partial charge < -0.3 is 0 Å². The van der Waals surface area contributed by atoms with Gasteiger partial charge in [0.15, 0.2) is 0 Å². The van der Waals surface area contributed by atoms with Crippen LogP contribution < -0.4 is 0 Å². The number of allylic oxidation sites excluding steroid dienone is 12. The maximum absolute atomic E-state index is 2.56. The van der Waals surface area contributed by atoms with Crippen LogP contribution in [0, 0.1) is 51.6 Å². The molecule has 0 aliphatic heterocycles. The average Bonchev–Trinajstić information content (AvgIpc) is 3.30. The SMILES string of the molecule is CC(C)[C]1([Gd]([C]2(C(C)C)C=CC=C2)[C]2(C(C)C)C=CC=C2)C=CC=C1. The Bertz CT molecular complexity index is 548. The molecule has 137 valence electrons. The summed E-state index contributed by atoms with van der Waals surface area (Å²) < 4.78 is 0.714. The summed E-state index contributed by atoms with van der Waals surface area (Å²) in [7, 11) is 0. The third-order valence-corrected chi connectivity index (χ3v) is 18.0. The van der Waals surface area contributed by atoms with Crippen molar-refractivity contribution in [1.82, 2.24) is 0 Å². The topological polar surface area (TPSA) is 0 Å². The van der Waals surface area contributed by atoms with Crippen LogP contribution in [0.3, 0.4) is 0 Å². The van der Waals surface area contributed by atoms with E-state index in [0.29, 0.717) is 17.8 Å². The van der Waals surface area contributed by atoms with E-state index < -0.39 is 33.8 Å². The molecule has 0 unspecified atom stereocenters. The molecule has 0 nitrogen and oxygen atoms in total. The summed E-state index contributed by atoms with van der Waals surface area (Å²) in [6.07, 6.45) is 29.2. The van der Waals surface area contributed by atoms with E-state index in [4.69, 9.17) is 0 Å². The zero-order valence-electron chi connectivity index (χ0n) is 16.5. The first-order chi connectivity index (χ1) is 11.8. The van der Waals surface area contributed by atoms with Crippen LogP contribution in [0.1, 0.15) is 41.5 Å². The monoisotopic (exact) mass is 479 g/mol. The Morgan fingerprint density at radius 2 is 0.640 bits per heavy atom. The van der Waals surface area contributed by atoms with E-state index in [1.807, 2.05) is 0 Å². The summed E-state index contributed by atoms with van der Waals surface area (Å²) in [5.74, 6) is 1.87. The third-order valence-electron chi connectivity index (χ3n) is 5.95. The fourth-order valence-electron chi connectivity index (χ4n) is 4.29. The van der Waals surface area contributed by atoms with Gasteiger partial charge in [0.1, 0.15) is 0 Å². The predicted molar refractivity (Wildman–Crippen MR) is 107 cm³/mol. The van der Waals surface area contributed by atoms with Gasteiger partial charge in [-0.2, -0.15) is 0 Å². The molecule has 0 fully saturated rings. The van der Waals surface area contributed by atoms with Crippen LogP contribution in [0.15, 0.2) is 72.9 Å². The first-order valence-electron chi connectivity index (χ1n) is 9.59. The van der Waals surface area contributed by atoms with Crippen molar-refractivity contribution in [3.05, 3.63) is 72.9 Å². The Hall–Kier alpha value is -0.235. The van der Waals surface area contributed by atoms with E-state index in [1.54, 1.807) is 0 Å². The second kappa shape index (κ2) is 7.06. The summed E-state index contributed by atoms with van der Waals surface area (Å²) in [6, 6.07) is 0. The Kier molecular flexibility index (Phi) is 5.51. The molecular formula is C24H33Gd. The van der Waals surface area contributed by atoms with E-state index in [9.17, 15) is 0 Å². The molecule has 3 aliphatic rings. The second-order valence-corrected chi connectivity index (χ2v) is 15.9. The van der Waals surface area contributed by atoms with E-state index in [1.165, 1.54) is 0 Å². The first kappa shape index (κ1) is 19.5. The van der Waals surface area contributed by atoms with E-state index in [2.05, 4.69) is 114 Å². The molecule has 0 heterocycles. The molecule has 25 heavy (non-hydrogen) atoms. The van der Waals surface area contributed by atoms with Crippen molar-refractivity contribution in [3.8, 4) is 0 Å². The Morgan fingerprint density at radius 1 is 0.440 bits per heavy atom. The Labute approximate surface area is 168 Å². The van der Waals surface area contributed by atoms with Gasteiger partial charge in [-0.3, -0.25) is 0 Å². The molecule has 0 saturated carbocycles. The molecule has 0 bridgehead atoms. The average molecular weight is 479 g/mol. The molecule has 0 spiro atoms. The zero-order chi connectivity index (χ0) is 18.3. The van der Waals surface area contributed by atoms with E-state index in [0.717, 1.165) is 0 Å². The van der Waals surface area contributed by atoms with Crippen LogP contribution >= 0.6 is 0 Å². The summed E-state index contributed by atoms with van der Waals surface area (Å²) in [5.41, 5.74) is 0. The maximum atomic E-state index is 2.56. The Balaban J connectivity index is 2.31. The summed E-state index contributed by atoms with van der Waals surface area (Å²) in [4.78, 5) is 0. The van der Waals surface area contributed by atoms with Crippen LogP contribution in [0.2, 0.25) is 3.58 Å². The van der Waals surface area contributed by atoms with Gasteiger partial charge >= 0.3 is 170 Å². The fourth-order valence-corrected chi connectivity index (χ4v) is 16.9. The van der Waals surface area contributed by atoms with Crippen molar-refractivity contribution >= 4 is 0 Å². The van der Waals surface area contributed by atoms with Gasteiger partial charge in [-0.1, -0.05) is 0 Å². The first-order valence-corrected chi connectivity index (χ1v) is 13.0. The molecule has 3 aliphatic carbocycles. The van der Waals surface area contributed by atoms with Gasteiger partial charge in [-0.05, 0) is 0 Å². The van der Waals surface area contributed by atoms with Crippen molar-refractivity contribution in [2.75, 3.05) is 0 Å². The van der Waals surface area contributed by atoms with Crippen molar-refractivity contribution < 1.29 is 33.8 Å². The van der Waals surface area contributed by atoms with Crippen molar-refractivity contribution in [2.24, 2.45) is 17.8 Å².